The Hall–Kier alpha value is -2.95. The van der Waals surface area contributed by atoms with Crippen molar-refractivity contribution in [1.82, 2.24) is 9.97 Å². The quantitative estimate of drug-likeness (QED) is 0.750. The van der Waals surface area contributed by atoms with E-state index in [4.69, 9.17) is 4.74 Å². The highest BCUT2D eigenvalue weighted by molar-refractivity contribution is 5.94. The van der Waals surface area contributed by atoms with Gasteiger partial charge < -0.3 is 9.72 Å². The summed E-state index contributed by atoms with van der Waals surface area (Å²) in [5, 5.41) is 0.465. The molecule has 3 aromatic rings. The molecule has 0 radical (unpaired) electrons. The van der Waals surface area contributed by atoms with E-state index in [1.807, 2.05) is 32.0 Å². The number of esters is 1. The Morgan fingerprint density at radius 3 is 2.79 bits per heavy atom. The van der Waals surface area contributed by atoms with Gasteiger partial charge in [0, 0.05) is 29.0 Å². The molecule has 0 aliphatic rings. The van der Waals surface area contributed by atoms with E-state index in [-0.39, 0.29) is 17.6 Å². The van der Waals surface area contributed by atoms with Crippen LogP contribution in [0, 0.1) is 13.8 Å². The Kier molecular flexibility index (Phi) is 4.16. The van der Waals surface area contributed by atoms with Crippen LogP contribution >= 0.6 is 0 Å². The first kappa shape index (κ1) is 15.9. The number of hydrogen-bond donors (Lipinski definition) is 1. The van der Waals surface area contributed by atoms with E-state index in [0.717, 1.165) is 22.4 Å². The Morgan fingerprint density at radius 2 is 2.04 bits per heavy atom. The van der Waals surface area contributed by atoms with Crippen LogP contribution in [-0.2, 0) is 4.74 Å². The zero-order valence-corrected chi connectivity index (χ0v) is 13.8. The van der Waals surface area contributed by atoms with Gasteiger partial charge in [-0.15, -0.1) is 0 Å². The minimum absolute atomic E-state index is 0.0213. The fourth-order valence-corrected chi connectivity index (χ4v) is 2.70. The van der Waals surface area contributed by atoms with Gasteiger partial charge in [-0.25, -0.2) is 4.79 Å². The maximum Gasteiger partial charge on any atom is 0.343 e. The highest BCUT2D eigenvalue weighted by atomic mass is 16.5. The van der Waals surface area contributed by atoms with Crippen molar-refractivity contribution in [2.75, 3.05) is 6.61 Å². The van der Waals surface area contributed by atoms with Crippen molar-refractivity contribution in [3.05, 3.63) is 63.7 Å². The Bertz CT molecular complexity index is 990. The molecule has 1 N–H and O–H groups in total. The highest BCUT2D eigenvalue weighted by Crippen LogP contribution is 2.26. The van der Waals surface area contributed by atoms with E-state index < -0.39 is 5.97 Å². The molecule has 0 saturated carbocycles. The van der Waals surface area contributed by atoms with Gasteiger partial charge in [0.1, 0.15) is 5.56 Å². The first-order chi connectivity index (χ1) is 11.5. The molecule has 1 aromatic carbocycles. The summed E-state index contributed by atoms with van der Waals surface area (Å²) in [4.78, 5) is 31.6. The van der Waals surface area contributed by atoms with E-state index >= 15 is 0 Å². The van der Waals surface area contributed by atoms with Gasteiger partial charge in [0.25, 0.3) is 0 Å². The van der Waals surface area contributed by atoms with Crippen LogP contribution in [0.4, 0.5) is 0 Å². The van der Waals surface area contributed by atoms with Crippen LogP contribution in [0.15, 0.2) is 41.5 Å². The first-order valence-corrected chi connectivity index (χ1v) is 7.78. The topological polar surface area (TPSA) is 72.1 Å². The monoisotopic (exact) mass is 322 g/mol. The highest BCUT2D eigenvalue weighted by Gasteiger charge is 2.14. The smallest absolute Gasteiger partial charge is 0.343 e. The number of aromatic amines is 1. The fraction of sp³-hybridized carbons (Fsp3) is 0.211. The van der Waals surface area contributed by atoms with Gasteiger partial charge in [-0.2, -0.15) is 0 Å². The molecule has 0 aliphatic carbocycles. The minimum atomic E-state index is -0.606. The van der Waals surface area contributed by atoms with Crippen molar-refractivity contribution in [3.63, 3.8) is 0 Å². The molecule has 0 fully saturated rings. The Morgan fingerprint density at radius 1 is 1.25 bits per heavy atom. The Balaban J connectivity index is 2.14. The lowest BCUT2D eigenvalue weighted by atomic mass is 9.99. The van der Waals surface area contributed by atoms with Crippen molar-refractivity contribution in [3.8, 4) is 11.1 Å². The summed E-state index contributed by atoms with van der Waals surface area (Å²) in [5.41, 5.74) is 4.51. The molecule has 2 aromatic heterocycles. The average Bonchev–Trinajstić information content (AvgIpc) is 2.57. The third-order valence-corrected chi connectivity index (χ3v) is 4.14. The molecule has 3 rings (SSSR count). The summed E-state index contributed by atoms with van der Waals surface area (Å²) < 4.78 is 4.91. The lowest BCUT2D eigenvalue weighted by Crippen LogP contribution is -2.18. The van der Waals surface area contributed by atoms with Crippen molar-refractivity contribution in [2.45, 2.75) is 20.8 Å². The van der Waals surface area contributed by atoms with Crippen LogP contribution in [0.2, 0.25) is 0 Å². The van der Waals surface area contributed by atoms with E-state index in [2.05, 4.69) is 9.97 Å². The van der Waals surface area contributed by atoms with Crippen molar-refractivity contribution in [2.24, 2.45) is 0 Å². The third kappa shape index (κ3) is 2.69. The number of aromatic nitrogens is 2. The normalized spacial score (nSPS) is 10.8. The lowest BCUT2D eigenvalue weighted by molar-refractivity contribution is 0.0524. The number of ether oxygens (including phenoxy) is 1. The molecule has 0 atom stereocenters. The van der Waals surface area contributed by atoms with Gasteiger partial charge in [-0.05, 0) is 55.7 Å². The number of pyridine rings is 2. The van der Waals surface area contributed by atoms with E-state index in [1.165, 1.54) is 6.20 Å². The molecule has 5 nitrogen and oxygen atoms in total. The second-order valence-electron chi connectivity index (χ2n) is 5.58. The van der Waals surface area contributed by atoms with Crippen LogP contribution in [0.25, 0.3) is 22.0 Å². The third-order valence-electron chi connectivity index (χ3n) is 4.14. The number of carbonyl (C=O) groups excluding carboxylic acids is 1. The summed E-state index contributed by atoms with van der Waals surface area (Å²) >= 11 is 0. The minimum Gasteiger partial charge on any atom is -0.462 e. The number of H-pyrrole nitrogens is 1. The van der Waals surface area contributed by atoms with Gasteiger partial charge >= 0.3 is 5.97 Å². The summed E-state index contributed by atoms with van der Waals surface area (Å²) in [6.45, 7) is 5.93. The van der Waals surface area contributed by atoms with Crippen LogP contribution < -0.4 is 5.43 Å². The zero-order valence-electron chi connectivity index (χ0n) is 13.8. The summed E-state index contributed by atoms with van der Waals surface area (Å²) in [6, 6.07) is 7.48. The molecule has 0 aliphatic heterocycles. The molecule has 0 spiro atoms. The molecule has 122 valence electrons. The van der Waals surface area contributed by atoms with E-state index in [9.17, 15) is 9.59 Å². The van der Waals surface area contributed by atoms with Crippen molar-refractivity contribution in [1.29, 1.82) is 0 Å². The van der Waals surface area contributed by atoms with Gasteiger partial charge in [0.05, 0.1) is 6.61 Å². The molecule has 0 amide bonds. The molecule has 0 bridgehead atoms. The lowest BCUT2D eigenvalue weighted by Gasteiger charge is -2.09. The predicted octanol–water partition coefficient (Wildman–Crippen LogP) is 3.38. The summed E-state index contributed by atoms with van der Waals surface area (Å²) in [6.07, 6.45) is 3.19. The van der Waals surface area contributed by atoms with Crippen LogP contribution in [0.1, 0.15) is 28.5 Å². The number of fused-ring (bicyclic) bond motifs is 1. The van der Waals surface area contributed by atoms with E-state index in [1.54, 1.807) is 19.2 Å². The number of nitrogens with zero attached hydrogens (tertiary/aromatic N) is 1. The molecule has 0 saturated heterocycles. The van der Waals surface area contributed by atoms with Gasteiger partial charge in [-0.1, -0.05) is 6.07 Å². The van der Waals surface area contributed by atoms with E-state index in [0.29, 0.717) is 10.9 Å². The molecule has 2 heterocycles. The number of rotatable bonds is 3. The molecule has 0 unspecified atom stereocenters. The van der Waals surface area contributed by atoms with Crippen LogP contribution in [0.3, 0.4) is 0 Å². The van der Waals surface area contributed by atoms with Gasteiger partial charge in [0.15, 0.2) is 0 Å². The van der Waals surface area contributed by atoms with Crippen LogP contribution in [-0.4, -0.2) is 22.5 Å². The molecular weight excluding hydrogens is 304 g/mol. The van der Waals surface area contributed by atoms with Crippen molar-refractivity contribution >= 4 is 16.9 Å². The zero-order chi connectivity index (χ0) is 17.3. The second kappa shape index (κ2) is 6.28. The first-order valence-electron chi connectivity index (χ1n) is 7.78. The molecular formula is C19H18N2O3. The van der Waals surface area contributed by atoms with Crippen molar-refractivity contribution < 1.29 is 9.53 Å². The maximum absolute atomic E-state index is 12.5. The second-order valence-corrected chi connectivity index (χ2v) is 5.58. The standard InChI is InChI=1S/C19H18N2O3/c1-4-24-19(23)16-10-21-17-9-13(5-6-15(17)18(16)22)14-7-8-20-12(3)11(14)2/h5-10H,4H2,1-3H3,(H,21,22). The SMILES string of the molecule is CCOC(=O)c1c[nH]c2cc(-c3ccnc(C)c3C)ccc2c1=O. The summed E-state index contributed by atoms with van der Waals surface area (Å²) in [7, 11) is 0. The van der Waals surface area contributed by atoms with Gasteiger partial charge in [0.2, 0.25) is 5.43 Å². The number of hydrogen-bond acceptors (Lipinski definition) is 4. The fourth-order valence-electron chi connectivity index (χ4n) is 2.70. The predicted molar refractivity (Wildman–Crippen MR) is 93.2 cm³/mol. The number of nitrogens with one attached hydrogen (secondary N) is 1. The molecule has 5 heteroatoms. The largest absolute Gasteiger partial charge is 0.462 e. The van der Waals surface area contributed by atoms with Crippen LogP contribution in [0.5, 0.6) is 0 Å². The number of benzene rings is 1. The maximum atomic E-state index is 12.5. The Labute approximate surface area is 139 Å². The number of aryl methyl sites for hydroxylation is 1. The molecule has 24 heavy (non-hydrogen) atoms. The average molecular weight is 322 g/mol. The van der Waals surface area contributed by atoms with Gasteiger partial charge in [-0.3, -0.25) is 9.78 Å². The number of carbonyl (C=O) groups is 1. The summed E-state index contributed by atoms with van der Waals surface area (Å²) in [5.74, 6) is -0.606.